The van der Waals surface area contributed by atoms with Gasteiger partial charge in [0.25, 0.3) is 5.91 Å². The van der Waals surface area contributed by atoms with E-state index in [-0.39, 0.29) is 18.2 Å². The third kappa shape index (κ3) is 4.31. The normalized spacial score (nSPS) is 10.4. The molecule has 0 heterocycles. The van der Waals surface area contributed by atoms with E-state index in [4.69, 9.17) is 0 Å². The molecule has 0 N–H and O–H groups in total. The number of carbonyl (C=O) groups is 2. The van der Waals surface area contributed by atoms with Crippen LogP contribution in [0.4, 0.5) is 4.39 Å². The minimum atomic E-state index is -0.516. The number of nitrogens with zero attached hydrogens (tertiary/aromatic N) is 1. The van der Waals surface area contributed by atoms with Crippen LogP contribution in [0.3, 0.4) is 0 Å². The van der Waals surface area contributed by atoms with Crippen LogP contribution < -0.4 is 0 Å². The van der Waals surface area contributed by atoms with E-state index in [1.807, 2.05) is 0 Å². The van der Waals surface area contributed by atoms with Crippen LogP contribution >= 0.6 is 15.9 Å². The van der Waals surface area contributed by atoms with E-state index in [9.17, 15) is 14.0 Å². The van der Waals surface area contributed by atoms with E-state index in [1.54, 1.807) is 13.8 Å². The molecule has 0 unspecified atom stereocenters. The third-order valence-corrected chi connectivity index (χ3v) is 2.98. The molecule has 0 bridgehead atoms. The zero-order valence-electron chi connectivity index (χ0n) is 10.9. The van der Waals surface area contributed by atoms with Gasteiger partial charge in [-0.25, -0.2) is 4.39 Å². The number of carbonyl (C=O) groups excluding carboxylic acids is 2. The highest BCUT2D eigenvalue weighted by Gasteiger charge is 2.22. The van der Waals surface area contributed by atoms with E-state index in [2.05, 4.69) is 20.7 Å². The fourth-order valence-electron chi connectivity index (χ4n) is 1.54. The first-order chi connectivity index (χ1) is 8.85. The van der Waals surface area contributed by atoms with Crippen molar-refractivity contribution in [2.24, 2.45) is 0 Å². The lowest BCUT2D eigenvalue weighted by Crippen LogP contribution is -2.41. The summed E-state index contributed by atoms with van der Waals surface area (Å²) in [4.78, 5) is 24.9. The maximum absolute atomic E-state index is 13.3. The van der Waals surface area contributed by atoms with Crippen molar-refractivity contribution in [3.63, 3.8) is 0 Å². The van der Waals surface area contributed by atoms with Crippen LogP contribution in [-0.4, -0.2) is 36.5 Å². The molecule has 1 aromatic rings. The topological polar surface area (TPSA) is 46.6 Å². The minimum Gasteiger partial charge on any atom is -0.468 e. The average molecular weight is 332 g/mol. The molecule has 4 nitrogen and oxygen atoms in total. The lowest BCUT2D eigenvalue weighted by atomic mass is 10.1. The standard InChI is InChI=1S/C13H15BrFNO3/c1-8(2)16(7-12(17)19-3)13(18)9-4-10(14)6-11(15)5-9/h4-6,8H,7H2,1-3H3. The van der Waals surface area contributed by atoms with Crippen LogP contribution in [0, 0.1) is 5.82 Å². The van der Waals surface area contributed by atoms with E-state index in [0.29, 0.717) is 4.47 Å². The Morgan fingerprint density at radius 3 is 2.47 bits per heavy atom. The van der Waals surface area contributed by atoms with E-state index < -0.39 is 17.7 Å². The molecule has 0 atom stereocenters. The number of ether oxygens (including phenoxy) is 1. The van der Waals surface area contributed by atoms with Crippen molar-refractivity contribution in [2.45, 2.75) is 19.9 Å². The third-order valence-electron chi connectivity index (χ3n) is 2.52. The number of rotatable bonds is 4. The monoisotopic (exact) mass is 331 g/mol. The molecule has 1 amide bonds. The molecule has 0 fully saturated rings. The van der Waals surface area contributed by atoms with Gasteiger partial charge in [-0.05, 0) is 32.0 Å². The summed E-state index contributed by atoms with van der Waals surface area (Å²) in [5.41, 5.74) is 0.185. The molecule has 0 aliphatic carbocycles. The zero-order chi connectivity index (χ0) is 14.6. The summed E-state index contributed by atoms with van der Waals surface area (Å²) in [7, 11) is 1.25. The predicted molar refractivity (Wildman–Crippen MR) is 72.3 cm³/mol. The van der Waals surface area contributed by atoms with Gasteiger partial charge in [-0.2, -0.15) is 0 Å². The number of esters is 1. The van der Waals surface area contributed by atoms with Crippen molar-refractivity contribution in [1.82, 2.24) is 4.90 Å². The summed E-state index contributed by atoms with van der Waals surface area (Å²) in [6, 6.07) is 3.71. The Morgan fingerprint density at radius 2 is 2.00 bits per heavy atom. The van der Waals surface area contributed by atoms with Crippen molar-refractivity contribution in [3.05, 3.63) is 34.1 Å². The molecule has 0 spiro atoms. The maximum Gasteiger partial charge on any atom is 0.325 e. The fourth-order valence-corrected chi connectivity index (χ4v) is 2.00. The number of methoxy groups -OCH3 is 1. The lowest BCUT2D eigenvalue weighted by molar-refractivity contribution is -0.141. The summed E-state index contributed by atoms with van der Waals surface area (Å²) in [6.07, 6.45) is 0. The van der Waals surface area contributed by atoms with E-state index >= 15 is 0 Å². The zero-order valence-corrected chi connectivity index (χ0v) is 12.5. The molecular weight excluding hydrogens is 317 g/mol. The average Bonchev–Trinajstić information content (AvgIpc) is 2.33. The summed E-state index contributed by atoms with van der Waals surface area (Å²) < 4.78 is 18.3. The predicted octanol–water partition coefficient (Wildman–Crippen LogP) is 2.61. The second-order valence-electron chi connectivity index (χ2n) is 4.26. The van der Waals surface area contributed by atoms with Gasteiger partial charge in [-0.3, -0.25) is 9.59 Å². The van der Waals surface area contributed by atoms with Crippen LogP contribution in [-0.2, 0) is 9.53 Å². The summed E-state index contributed by atoms with van der Waals surface area (Å²) in [6.45, 7) is 3.38. The first kappa shape index (κ1) is 15.6. The largest absolute Gasteiger partial charge is 0.468 e. The minimum absolute atomic E-state index is 0.166. The Labute approximate surface area is 119 Å². The fraction of sp³-hybridized carbons (Fsp3) is 0.385. The molecule has 0 aliphatic heterocycles. The molecule has 0 aliphatic rings. The molecule has 104 valence electrons. The maximum atomic E-state index is 13.3. The Balaban J connectivity index is 3.02. The second kappa shape index (κ2) is 6.65. The Morgan fingerprint density at radius 1 is 1.37 bits per heavy atom. The molecule has 0 saturated carbocycles. The molecule has 19 heavy (non-hydrogen) atoms. The first-order valence-corrected chi connectivity index (χ1v) is 6.48. The Bertz CT molecular complexity index is 471. The van der Waals surface area contributed by atoms with Gasteiger partial charge in [0.2, 0.25) is 0 Å². The van der Waals surface area contributed by atoms with Gasteiger partial charge in [0, 0.05) is 16.1 Å². The first-order valence-electron chi connectivity index (χ1n) is 5.69. The van der Waals surface area contributed by atoms with Gasteiger partial charge in [0.15, 0.2) is 0 Å². The van der Waals surface area contributed by atoms with E-state index in [0.717, 1.165) is 6.07 Å². The number of amides is 1. The van der Waals surface area contributed by atoms with Crippen LogP contribution in [0.2, 0.25) is 0 Å². The van der Waals surface area contributed by atoms with Gasteiger partial charge >= 0.3 is 5.97 Å². The molecule has 1 rings (SSSR count). The number of benzene rings is 1. The van der Waals surface area contributed by atoms with Gasteiger partial charge < -0.3 is 9.64 Å². The van der Waals surface area contributed by atoms with Crippen LogP contribution in [0.25, 0.3) is 0 Å². The number of hydrogen-bond donors (Lipinski definition) is 0. The number of hydrogen-bond acceptors (Lipinski definition) is 3. The van der Waals surface area contributed by atoms with Crippen molar-refractivity contribution >= 4 is 27.8 Å². The van der Waals surface area contributed by atoms with Crippen molar-refractivity contribution < 1.29 is 18.7 Å². The van der Waals surface area contributed by atoms with Crippen LogP contribution in [0.15, 0.2) is 22.7 Å². The second-order valence-corrected chi connectivity index (χ2v) is 5.18. The van der Waals surface area contributed by atoms with Crippen molar-refractivity contribution in [1.29, 1.82) is 0 Å². The molecule has 0 saturated heterocycles. The summed E-state index contributed by atoms with van der Waals surface area (Å²) in [5, 5.41) is 0. The van der Waals surface area contributed by atoms with E-state index in [1.165, 1.54) is 24.1 Å². The summed E-state index contributed by atoms with van der Waals surface area (Å²) >= 11 is 3.13. The van der Waals surface area contributed by atoms with Crippen LogP contribution in [0.5, 0.6) is 0 Å². The summed E-state index contributed by atoms with van der Waals surface area (Å²) in [5.74, 6) is -1.45. The Hall–Kier alpha value is -1.43. The molecule has 0 aromatic heterocycles. The molecular formula is C13H15BrFNO3. The lowest BCUT2D eigenvalue weighted by Gasteiger charge is -2.25. The Kier molecular flexibility index (Phi) is 5.47. The van der Waals surface area contributed by atoms with Crippen molar-refractivity contribution in [3.8, 4) is 0 Å². The van der Waals surface area contributed by atoms with Gasteiger partial charge in [-0.15, -0.1) is 0 Å². The number of halogens is 2. The molecule has 0 radical (unpaired) electrons. The van der Waals surface area contributed by atoms with Gasteiger partial charge in [-0.1, -0.05) is 15.9 Å². The van der Waals surface area contributed by atoms with Crippen LogP contribution in [0.1, 0.15) is 24.2 Å². The molecule has 1 aromatic carbocycles. The highest BCUT2D eigenvalue weighted by molar-refractivity contribution is 9.10. The van der Waals surface area contributed by atoms with Gasteiger partial charge in [0.1, 0.15) is 12.4 Å². The quantitative estimate of drug-likeness (QED) is 0.797. The van der Waals surface area contributed by atoms with Gasteiger partial charge in [0.05, 0.1) is 7.11 Å². The highest BCUT2D eigenvalue weighted by atomic mass is 79.9. The SMILES string of the molecule is COC(=O)CN(C(=O)c1cc(F)cc(Br)c1)C(C)C. The molecule has 6 heteroatoms. The highest BCUT2D eigenvalue weighted by Crippen LogP contribution is 2.17. The van der Waals surface area contributed by atoms with Crippen molar-refractivity contribution in [2.75, 3.05) is 13.7 Å². The smallest absolute Gasteiger partial charge is 0.325 e.